The first kappa shape index (κ1) is 11.3. The van der Waals surface area contributed by atoms with E-state index in [1.54, 1.807) is 0 Å². The number of carbonyl (C=O) groups is 1. The van der Waals surface area contributed by atoms with E-state index < -0.39 is 17.5 Å². The lowest BCUT2D eigenvalue weighted by Crippen LogP contribution is -2.04. The predicted octanol–water partition coefficient (Wildman–Crippen LogP) is 1.91. The normalized spacial score (nSPS) is 10.5. The minimum atomic E-state index is -1.42. The van der Waals surface area contributed by atoms with E-state index in [-0.39, 0.29) is 12.4 Å². The van der Waals surface area contributed by atoms with Crippen LogP contribution in [0.25, 0.3) is 0 Å². The number of aromatic carboxylic acids is 1. The molecule has 1 N–H and O–H groups in total. The summed E-state index contributed by atoms with van der Waals surface area (Å²) in [6, 6.07) is 5.59. The van der Waals surface area contributed by atoms with Crippen LogP contribution in [0.3, 0.4) is 0 Å². The third kappa shape index (κ3) is 2.47. The van der Waals surface area contributed by atoms with E-state index in [2.05, 4.69) is 5.10 Å². The maximum absolute atomic E-state index is 13.1. The molecule has 17 heavy (non-hydrogen) atoms. The van der Waals surface area contributed by atoms with Crippen LogP contribution in [0.2, 0.25) is 0 Å². The third-order valence-electron chi connectivity index (χ3n) is 2.18. The summed E-state index contributed by atoms with van der Waals surface area (Å²) in [5.41, 5.74) is 0.0814. The number of nitrogens with zero attached hydrogens (tertiary/aromatic N) is 2. The average Bonchev–Trinajstić information content (AvgIpc) is 2.63. The van der Waals surface area contributed by atoms with E-state index in [0.717, 1.165) is 10.9 Å². The molecule has 0 saturated carbocycles. The molecule has 0 fully saturated rings. The molecule has 0 unspecified atom stereocenters. The molecule has 6 heteroatoms. The SMILES string of the molecule is O=C(O)c1nn(Cc2ccc(F)cc2)cc1F. The van der Waals surface area contributed by atoms with Crippen molar-refractivity contribution in [1.29, 1.82) is 0 Å². The van der Waals surface area contributed by atoms with Crippen LogP contribution in [0, 0.1) is 11.6 Å². The van der Waals surface area contributed by atoms with Crippen molar-refractivity contribution in [3.8, 4) is 0 Å². The zero-order chi connectivity index (χ0) is 12.4. The fraction of sp³-hybridized carbons (Fsp3) is 0.0909. The lowest BCUT2D eigenvalue weighted by molar-refractivity contribution is 0.0684. The van der Waals surface area contributed by atoms with Crippen LogP contribution in [-0.4, -0.2) is 20.9 Å². The Labute approximate surface area is 95.1 Å². The van der Waals surface area contributed by atoms with Gasteiger partial charge in [-0.2, -0.15) is 5.10 Å². The zero-order valence-electron chi connectivity index (χ0n) is 8.60. The molecule has 0 bridgehead atoms. The molecular weight excluding hydrogens is 230 g/mol. The van der Waals surface area contributed by atoms with Gasteiger partial charge in [0.2, 0.25) is 5.69 Å². The second-order valence-corrected chi connectivity index (χ2v) is 3.45. The first-order chi connectivity index (χ1) is 8.06. The number of benzene rings is 1. The highest BCUT2D eigenvalue weighted by Gasteiger charge is 2.15. The van der Waals surface area contributed by atoms with Crippen LogP contribution in [0.15, 0.2) is 30.5 Å². The number of aromatic nitrogens is 2. The Morgan fingerprint density at radius 3 is 2.47 bits per heavy atom. The van der Waals surface area contributed by atoms with Crippen LogP contribution in [0.5, 0.6) is 0 Å². The summed E-state index contributed by atoms with van der Waals surface area (Å²) in [6.45, 7) is 0.185. The quantitative estimate of drug-likeness (QED) is 0.888. The van der Waals surface area contributed by atoms with Gasteiger partial charge in [0.1, 0.15) is 5.82 Å². The molecule has 2 rings (SSSR count). The molecule has 1 heterocycles. The Balaban J connectivity index is 2.22. The van der Waals surface area contributed by atoms with E-state index in [4.69, 9.17) is 5.11 Å². The van der Waals surface area contributed by atoms with Crippen molar-refractivity contribution >= 4 is 5.97 Å². The maximum atomic E-state index is 13.1. The number of halogens is 2. The molecule has 0 saturated heterocycles. The predicted molar refractivity (Wildman–Crippen MR) is 54.6 cm³/mol. The Morgan fingerprint density at radius 1 is 1.29 bits per heavy atom. The number of carboxylic acids is 1. The first-order valence-electron chi connectivity index (χ1n) is 4.77. The number of rotatable bonds is 3. The minimum Gasteiger partial charge on any atom is -0.476 e. The van der Waals surface area contributed by atoms with Gasteiger partial charge in [-0.3, -0.25) is 4.68 Å². The maximum Gasteiger partial charge on any atom is 0.359 e. The topological polar surface area (TPSA) is 55.1 Å². The van der Waals surface area contributed by atoms with Crippen molar-refractivity contribution < 1.29 is 18.7 Å². The zero-order valence-corrected chi connectivity index (χ0v) is 8.60. The Hall–Kier alpha value is -2.24. The molecule has 0 aliphatic rings. The minimum absolute atomic E-state index is 0.185. The fourth-order valence-corrected chi connectivity index (χ4v) is 1.40. The van der Waals surface area contributed by atoms with Crippen LogP contribution in [0.4, 0.5) is 8.78 Å². The summed E-state index contributed by atoms with van der Waals surface area (Å²) in [5.74, 6) is -2.67. The highest BCUT2D eigenvalue weighted by molar-refractivity contribution is 5.85. The smallest absolute Gasteiger partial charge is 0.359 e. The lowest BCUT2D eigenvalue weighted by atomic mass is 10.2. The van der Waals surface area contributed by atoms with E-state index in [1.807, 2.05) is 0 Å². The van der Waals surface area contributed by atoms with Gasteiger partial charge in [0.05, 0.1) is 12.7 Å². The standard InChI is InChI=1S/C11H8F2N2O2/c12-8-3-1-7(2-4-8)5-15-6-9(13)10(14-15)11(16)17/h1-4,6H,5H2,(H,16,17). The summed E-state index contributed by atoms with van der Waals surface area (Å²) < 4.78 is 26.9. The molecule has 4 nitrogen and oxygen atoms in total. The Bertz CT molecular complexity index is 549. The van der Waals surface area contributed by atoms with Gasteiger partial charge in [-0.1, -0.05) is 12.1 Å². The first-order valence-corrected chi connectivity index (χ1v) is 4.77. The van der Waals surface area contributed by atoms with Crippen LogP contribution in [-0.2, 0) is 6.54 Å². The van der Waals surface area contributed by atoms with Gasteiger partial charge in [-0.15, -0.1) is 0 Å². The van der Waals surface area contributed by atoms with Crippen LogP contribution in [0.1, 0.15) is 16.1 Å². The van der Waals surface area contributed by atoms with Gasteiger partial charge in [-0.25, -0.2) is 13.6 Å². The van der Waals surface area contributed by atoms with E-state index in [1.165, 1.54) is 24.3 Å². The average molecular weight is 238 g/mol. The van der Waals surface area contributed by atoms with Gasteiger partial charge >= 0.3 is 5.97 Å². The molecule has 0 radical (unpaired) electrons. The molecule has 0 spiro atoms. The Kier molecular flexibility index (Phi) is 2.86. The van der Waals surface area contributed by atoms with Gasteiger partial charge in [0, 0.05) is 0 Å². The number of hydrogen-bond donors (Lipinski definition) is 1. The van der Waals surface area contributed by atoms with Crippen LogP contribution >= 0.6 is 0 Å². The van der Waals surface area contributed by atoms with Gasteiger partial charge in [0.15, 0.2) is 5.82 Å². The molecule has 0 atom stereocenters. The number of hydrogen-bond acceptors (Lipinski definition) is 2. The van der Waals surface area contributed by atoms with E-state index in [9.17, 15) is 13.6 Å². The number of carboxylic acid groups (broad SMARTS) is 1. The van der Waals surface area contributed by atoms with Crippen molar-refractivity contribution in [1.82, 2.24) is 9.78 Å². The molecule has 0 aliphatic carbocycles. The lowest BCUT2D eigenvalue weighted by Gasteiger charge is -2.00. The molecule has 0 amide bonds. The monoisotopic (exact) mass is 238 g/mol. The Morgan fingerprint density at radius 2 is 1.94 bits per heavy atom. The highest BCUT2D eigenvalue weighted by atomic mass is 19.1. The summed E-state index contributed by atoms with van der Waals surface area (Å²) in [6.07, 6.45) is 0.993. The summed E-state index contributed by atoms with van der Waals surface area (Å²) in [7, 11) is 0. The van der Waals surface area contributed by atoms with E-state index in [0.29, 0.717) is 5.56 Å². The van der Waals surface area contributed by atoms with Crippen molar-refractivity contribution in [2.75, 3.05) is 0 Å². The van der Waals surface area contributed by atoms with Crippen molar-refractivity contribution in [3.05, 3.63) is 53.4 Å². The molecule has 2 aromatic rings. The van der Waals surface area contributed by atoms with E-state index >= 15 is 0 Å². The van der Waals surface area contributed by atoms with Gasteiger partial charge in [0.25, 0.3) is 0 Å². The van der Waals surface area contributed by atoms with Crippen LogP contribution < -0.4 is 0 Å². The summed E-state index contributed by atoms with van der Waals surface area (Å²) >= 11 is 0. The molecule has 1 aromatic heterocycles. The second kappa shape index (κ2) is 4.32. The molecule has 1 aromatic carbocycles. The molecular formula is C11H8F2N2O2. The van der Waals surface area contributed by atoms with Gasteiger partial charge in [-0.05, 0) is 17.7 Å². The molecule has 88 valence electrons. The summed E-state index contributed by atoms with van der Waals surface area (Å²) in [4.78, 5) is 10.6. The highest BCUT2D eigenvalue weighted by Crippen LogP contribution is 2.08. The largest absolute Gasteiger partial charge is 0.476 e. The molecule has 0 aliphatic heterocycles. The second-order valence-electron chi connectivity index (χ2n) is 3.45. The van der Waals surface area contributed by atoms with Crippen molar-refractivity contribution in [2.24, 2.45) is 0 Å². The van der Waals surface area contributed by atoms with Crippen molar-refractivity contribution in [3.63, 3.8) is 0 Å². The summed E-state index contributed by atoms with van der Waals surface area (Å²) in [5, 5.41) is 12.2. The third-order valence-corrected chi connectivity index (χ3v) is 2.18. The fourth-order valence-electron chi connectivity index (χ4n) is 1.40. The van der Waals surface area contributed by atoms with Crippen molar-refractivity contribution in [2.45, 2.75) is 6.54 Å². The van der Waals surface area contributed by atoms with Gasteiger partial charge < -0.3 is 5.11 Å².